The first-order valence-electron chi connectivity index (χ1n) is 7.66. The van der Waals surface area contributed by atoms with Gasteiger partial charge in [-0.2, -0.15) is 5.26 Å². The fourth-order valence-corrected chi connectivity index (χ4v) is 2.42. The molecule has 0 atom stereocenters. The Kier molecular flexibility index (Phi) is 6.12. The summed E-state index contributed by atoms with van der Waals surface area (Å²) < 4.78 is 15.7. The van der Waals surface area contributed by atoms with Crippen LogP contribution in [0.2, 0.25) is 0 Å². The summed E-state index contributed by atoms with van der Waals surface area (Å²) in [5.74, 6) is 0.474. The van der Waals surface area contributed by atoms with Gasteiger partial charge in [0.2, 0.25) is 11.5 Å². The lowest BCUT2D eigenvalue weighted by Gasteiger charge is -2.13. The summed E-state index contributed by atoms with van der Waals surface area (Å²) in [4.78, 5) is 22.9. The van der Waals surface area contributed by atoms with Gasteiger partial charge in [-0.25, -0.2) is 0 Å². The summed E-state index contributed by atoms with van der Waals surface area (Å²) in [5, 5.41) is 20.3. The number of allylic oxidation sites excluding steroid dienone is 1. The van der Waals surface area contributed by atoms with Crippen molar-refractivity contribution in [1.82, 2.24) is 0 Å². The summed E-state index contributed by atoms with van der Waals surface area (Å²) in [6, 6.07) is 10.2. The molecule has 2 aromatic carbocycles. The summed E-state index contributed by atoms with van der Waals surface area (Å²) in [6.07, 6.45) is 1.35. The first-order chi connectivity index (χ1) is 12.9. The second-order valence-corrected chi connectivity index (χ2v) is 5.27. The SMILES string of the molecule is COc1cc(/C=C(\C#N)C(=O)c2cccc([N+](=O)[O-])c2)cc(OC)c1OC. The minimum absolute atomic E-state index is 0.0458. The molecule has 8 nitrogen and oxygen atoms in total. The number of nitrogens with zero attached hydrogens (tertiary/aromatic N) is 2. The Hall–Kier alpha value is -3.86. The van der Waals surface area contributed by atoms with Gasteiger partial charge in [-0.3, -0.25) is 14.9 Å². The Labute approximate surface area is 155 Å². The van der Waals surface area contributed by atoms with Crippen molar-refractivity contribution in [2.45, 2.75) is 0 Å². The topological polar surface area (TPSA) is 112 Å². The monoisotopic (exact) mass is 368 g/mol. The molecule has 8 heteroatoms. The summed E-state index contributed by atoms with van der Waals surface area (Å²) in [7, 11) is 4.36. The largest absolute Gasteiger partial charge is 0.493 e. The van der Waals surface area contributed by atoms with Crippen LogP contribution in [0.15, 0.2) is 42.0 Å². The molecule has 0 aliphatic carbocycles. The van der Waals surface area contributed by atoms with Crippen LogP contribution in [0.5, 0.6) is 17.2 Å². The van der Waals surface area contributed by atoms with Crippen LogP contribution in [0.1, 0.15) is 15.9 Å². The van der Waals surface area contributed by atoms with E-state index in [1.165, 1.54) is 45.6 Å². The first kappa shape index (κ1) is 19.5. The highest BCUT2D eigenvalue weighted by Crippen LogP contribution is 2.38. The van der Waals surface area contributed by atoms with E-state index in [2.05, 4.69) is 0 Å². The molecule has 0 unspecified atom stereocenters. The maximum Gasteiger partial charge on any atom is 0.270 e. The van der Waals surface area contributed by atoms with Crippen molar-refractivity contribution in [2.75, 3.05) is 21.3 Å². The van der Waals surface area contributed by atoms with Gasteiger partial charge in [-0.05, 0) is 23.8 Å². The number of nitro groups is 1. The van der Waals surface area contributed by atoms with Gasteiger partial charge in [0.05, 0.1) is 26.3 Å². The first-order valence-corrected chi connectivity index (χ1v) is 7.66. The number of ether oxygens (including phenoxy) is 3. The standard InChI is InChI=1S/C19H16N2O6/c1-25-16-8-12(9-17(26-2)19(16)27-3)7-14(11-20)18(22)13-5-4-6-15(10-13)21(23)24/h4-10H,1-3H3/b14-7+. The zero-order valence-electron chi connectivity index (χ0n) is 14.9. The predicted octanol–water partition coefficient (Wildman–Crippen LogP) is 3.41. The van der Waals surface area contributed by atoms with Crippen LogP contribution in [0.4, 0.5) is 5.69 Å². The minimum Gasteiger partial charge on any atom is -0.493 e. The second kappa shape index (κ2) is 8.49. The molecule has 0 amide bonds. The van der Waals surface area contributed by atoms with E-state index in [0.717, 1.165) is 6.07 Å². The number of hydrogen-bond acceptors (Lipinski definition) is 7. The van der Waals surface area contributed by atoms with Crippen LogP contribution in [0.3, 0.4) is 0 Å². The Morgan fingerprint density at radius 2 is 1.74 bits per heavy atom. The van der Waals surface area contributed by atoms with Crippen molar-refractivity contribution in [1.29, 1.82) is 5.26 Å². The lowest BCUT2D eigenvalue weighted by Crippen LogP contribution is -2.03. The number of nitriles is 1. The molecule has 0 aromatic heterocycles. The Bertz CT molecular complexity index is 934. The number of methoxy groups -OCH3 is 3. The lowest BCUT2D eigenvalue weighted by atomic mass is 10.0. The number of hydrogen-bond donors (Lipinski definition) is 0. The van der Waals surface area contributed by atoms with Gasteiger partial charge in [0.1, 0.15) is 11.6 Å². The summed E-state index contributed by atoms with van der Waals surface area (Å²) in [5.41, 5.74) is 0.0972. The van der Waals surface area contributed by atoms with E-state index in [4.69, 9.17) is 14.2 Å². The number of Topliss-reactive ketones (excluding diaryl/α,β-unsaturated/α-hetero) is 1. The van der Waals surface area contributed by atoms with Gasteiger partial charge in [-0.1, -0.05) is 12.1 Å². The van der Waals surface area contributed by atoms with E-state index >= 15 is 0 Å². The highest BCUT2D eigenvalue weighted by Gasteiger charge is 2.17. The summed E-state index contributed by atoms with van der Waals surface area (Å²) in [6.45, 7) is 0. The third-order valence-electron chi connectivity index (χ3n) is 3.68. The summed E-state index contributed by atoms with van der Waals surface area (Å²) >= 11 is 0. The number of carbonyl (C=O) groups is 1. The Morgan fingerprint density at radius 1 is 1.11 bits per heavy atom. The number of nitro benzene ring substituents is 1. The molecule has 0 radical (unpaired) electrons. The predicted molar refractivity (Wildman–Crippen MR) is 97.1 cm³/mol. The molecular weight excluding hydrogens is 352 g/mol. The number of carbonyl (C=O) groups excluding carboxylic acids is 1. The Morgan fingerprint density at radius 3 is 2.22 bits per heavy atom. The van der Waals surface area contributed by atoms with Gasteiger partial charge in [0, 0.05) is 17.7 Å². The van der Waals surface area contributed by atoms with Crippen LogP contribution in [-0.4, -0.2) is 32.0 Å². The van der Waals surface area contributed by atoms with Crippen LogP contribution < -0.4 is 14.2 Å². The minimum atomic E-state index is -0.630. The average Bonchev–Trinajstić information content (AvgIpc) is 2.70. The van der Waals surface area contributed by atoms with Gasteiger partial charge in [-0.15, -0.1) is 0 Å². The van der Waals surface area contributed by atoms with Gasteiger partial charge in [0.15, 0.2) is 11.5 Å². The van der Waals surface area contributed by atoms with Crippen molar-refractivity contribution in [3.8, 4) is 23.3 Å². The zero-order valence-corrected chi connectivity index (χ0v) is 14.9. The third-order valence-corrected chi connectivity index (χ3v) is 3.68. The molecule has 138 valence electrons. The molecule has 27 heavy (non-hydrogen) atoms. The maximum atomic E-state index is 12.6. The molecule has 2 aromatic rings. The molecule has 2 rings (SSSR count). The zero-order chi connectivity index (χ0) is 20.0. The number of rotatable bonds is 7. The van der Waals surface area contributed by atoms with Crippen molar-refractivity contribution < 1.29 is 23.9 Å². The number of non-ortho nitro benzene ring substituents is 1. The van der Waals surface area contributed by atoms with Gasteiger partial charge >= 0.3 is 0 Å². The smallest absolute Gasteiger partial charge is 0.270 e. The van der Waals surface area contributed by atoms with Crippen molar-refractivity contribution >= 4 is 17.5 Å². The molecule has 0 heterocycles. The van der Waals surface area contributed by atoms with E-state index < -0.39 is 10.7 Å². The molecule has 0 saturated heterocycles. The molecule has 0 aliphatic heterocycles. The van der Waals surface area contributed by atoms with Gasteiger partial charge < -0.3 is 14.2 Å². The quantitative estimate of drug-likeness (QED) is 0.242. The lowest BCUT2D eigenvalue weighted by molar-refractivity contribution is -0.384. The van der Waals surface area contributed by atoms with E-state index in [1.807, 2.05) is 6.07 Å². The highest BCUT2D eigenvalue weighted by atomic mass is 16.6. The molecule has 0 saturated carbocycles. The molecular formula is C19H16N2O6. The highest BCUT2D eigenvalue weighted by molar-refractivity contribution is 6.14. The van der Waals surface area contributed by atoms with E-state index in [9.17, 15) is 20.2 Å². The third kappa shape index (κ3) is 4.22. The van der Waals surface area contributed by atoms with E-state index in [0.29, 0.717) is 22.8 Å². The molecule has 0 spiro atoms. The van der Waals surface area contributed by atoms with Crippen LogP contribution in [-0.2, 0) is 0 Å². The van der Waals surface area contributed by atoms with Crippen molar-refractivity contribution in [2.24, 2.45) is 0 Å². The Balaban J connectivity index is 2.50. The van der Waals surface area contributed by atoms with Crippen LogP contribution in [0.25, 0.3) is 6.08 Å². The van der Waals surface area contributed by atoms with Crippen LogP contribution >= 0.6 is 0 Å². The van der Waals surface area contributed by atoms with Crippen molar-refractivity contribution in [3.63, 3.8) is 0 Å². The molecule has 0 N–H and O–H groups in total. The van der Waals surface area contributed by atoms with Crippen LogP contribution in [0, 0.1) is 21.4 Å². The van der Waals surface area contributed by atoms with E-state index in [1.54, 1.807) is 12.1 Å². The average molecular weight is 368 g/mol. The molecule has 0 bridgehead atoms. The second-order valence-electron chi connectivity index (χ2n) is 5.27. The number of ketones is 1. The maximum absolute atomic E-state index is 12.6. The molecule has 0 aliphatic rings. The normalized spacial score (nSPS) is 10.7. The fourth-order valence-electron chi connectivity index (χ4n) is 2.42. The van der Waals surface area contributed by atoms with Gasteiger partial charge in [0.25, 0.3) is 5.69 Å². The fraction of sp³-hybridized carbons (Fsp3) is 0.158. The van der Waals surface area contributed by atoms with Crippen molar-refractivity contribution in [3.05, 3.63) is 63.2 Å². The molecule has 0 fully saturated rings. The van der Waals surface area contributed by atoms with E-state index in [-0.39, 0.29) is 16.8 Å². The number of benzene rings is 2.